The lowest BCUT2D eigenvalue weighted by Gasteiger charge is -2.10. The van der Waals surface area contributed by atoms with Gasteiger partial charge in [-0.15, -0.1) is 0 Å². The number of halogens is 2. The molecule has 0 atom stereocenters. The molecular weight excluding hydrogens is 361 g/mol. The van der Waals surface area contributed by atoms with Crippen LogP contribution in [0.5, 0.6) is 5.75 Å². The summed E-state index contributed by atoms with van der Waals surface area (Å²) in [6, 6.07) is 11.4. The summed E-state index contributed by atoms with van der Waals surface area (Å²) in [4.78, 5) is 11.7. The Balaban J connectivity index is 2.07. The van der Waals surface area contributed by atoms with Crippen molar-refractivity contribution in [2.45, 2.75) is 6.61 Å². The van der Waals surface area contributed by atoms with Crippen LogP contribution < -0.4 is 9.46 Å². The molecule has 0 aliphatic carbocycles. The van der Waals surface area contributed by atoms with Gasteiger partial charge in [0.25, 0.3) is 5.91 Å². The van der Waals surface area contributed by atoms with Crippen molar-refractivity contribution >= 4 is 39.1 Å². The van der Waals surface area contributed by atoms with Crippen molar-refractivity contribution in [3.63, 3.8) is 0 Å². The van der Waals surface area contributed by atoms with Crippen molar-refractivity contribution in [2.75, 3.05) is 6.26 Å². The summed E-state index contributed by atoms with van der Waals surface area (Å²) in [7, 11) is -3.63. The number of sulfonamides is 1. The van der Waals surface area contributed by atoms with Crippen LogP contribution in [0.25, 0.3) is 0 Å². The molecule has 0 aliphatic heterocycles. The number of hydrogen-bond acceptors (Lipinski definition) is 4. The van der Waals surface area contributed by atoms with Gasteiger partial charge in [-0.05, 0) is 35.9 Å². The van der Waals surface area contributed by atoms with E-state index in [1.165, 1.54) is 18.2 Å². The molecule has 0 heterocycles. The van der Waals surface area contributed by atoms with Gasteiger partial charge in [-0.2, -0.15) is 0 Å². The minimum absolute atomic E-state index is 0.124. The van der Waals surface area contributed by atoms with E-state index in [4.69, 9.17) is 27.9 Å². The molecule has 0 unspecified atom stereocenters. The number of benzene rings is 2. The summed E-state index contributed by atoms with van der Waals surface area (Å²) < 4.78 is 29.5. The molecule has 1 amide bonds. The van der Waals surface area contributed by atoms with E-state index in [-0.39, 0.29) is 17.2 Å². The van der Waals surface area contributed by atoms with Crippen LogP contribution in [0.3, 0.4) is 0 Å². The van der Waals surface area contributed by atoms with Gasteiger partial charge in [0, 0.05) is 10.6 Å². The van der Waals surface area contributed by atoms with Gasteiger partial charge in [0.1, 0.15) is 12.4 Å². The van der Waals surface area contributed by atoms with Crippen molar-refractivity contribution in [3.05, 3.63) is 63.6 Å². The molecule has 0 spiro atoms. The second-order valence-electron chi connectivity index (χ2n) is 4.76. The van der Waals surface area contributed by atoms with E-state index in [1.807, 2.05) is 16.9 Å². The number of nitrogens with one attached hydrogen (secondary N) is 1. The van der Waals surface area contributed by atoms with Gasteiger partial charge < -0.3 is 4.74 Å². The molecule has 2 aromatic carbocycles. The topological polar surface area (TPSA) is 72.5 Å². The standard InChI is InChI=1S/C15H13Cl2NO4S/c1-23(20,21)18-15(19)11-4-7-14(13(17)8-11)22-9-10-2-5-12(16)6-3-10/h2-8H,9H2,1H3,(H,18,19). The van der Waals surface area contributed by atoms with Crippen LogP contribution in [0.1, 0.15) is 15.9 Å². The van der Waals surface area contributed by atoms with Crippen LogP contribution in [0.15, 0.2) is 42.5 Å². The van der Waals surface area contributed by atoms with E-state index in [1.54, 1.807) is 12.1 Å². The Morgan fingerprint density at radius 1 is 1.13 bits per heavy atom. The number of hydrogen-bond donors (Lipinski definition) is 1. The van der Waals surface area contributed by atoms with E-state index in [9.17, 15) is 13.2 Å². The third-order valence-electron chi connectivity index (χ3n) is 2.78. The third-order valence-corrected chi connectivity index (χ3v) is 3.88. The minimum Gasteiger partial charge on any atom is -0.487 e. The van der Waals surface area contributed by atoms with Crippen molar-refractivity contribution < 1.29 is 17.9 Å². The van der Waals surface area contributed by atoms with Gasteiger partial charge >= 0.3 is 0 Å². The Kier molecular flexibility index (Phi) is 5.51. The molecule has 0 aliphatic rings. The average molecular weight is 374 g/mol. The van der Waals surface area contributed by atoms with Gasteiger partial charge in [0.05, 0.1) is 11.3 Å². The number of ether oxygens (including phenoxy) is 1. The number of carbonyl (C=O) groups is 1. The fourth-order valence-electron chi connectivity index (χ4n) is 1.73. The van der Waals surface area contributed by atoms with E-state index >= 15 is 0 Å². The van der Waals surface area contributed by atoms with Crippen molar-refractivity contribution in [1.29, 1.82) is 0 Å². The minimum atomic E-state index is -3.63. The van der Waals surface area contributed by atoms with Gasteiger partial charge in [-0.3, -0.25) is 4.79 Å². The number of amides is 1. The zero-order chi connectivity index (χ0) is 17.0. The van der Waals surface area contributed by atoms with Gasteiger partial charge in [0.15, 0.2) is 0 Å². The summed E-state index contributed by atoms with van der Waals surface area (Å²) in [6.45, 7) is 0.284. The molecule has 122 valence electrons. The molecule has 8 heteroatoms. The van der Waals surface area contributed by atoms with E-state index in [0.717, 1.165) is 11.8 Å². The monoisotopic (exact) mass is 373 g/mol. The molecule has 0 saturated carbocycles. The lowest BCUT2D eigenvalue weighted by molar-refractivity contribution is 0.0981. The highest BCUT2D eigenvalue weighted by Crippen LogP contribution is 2.26. The second-order valence-corrected chi connectivity index (χ2v) is 7.36. The lowest BCUT2D eigenvalue weighted by atomic mass is 10.2. The summed E-state index contributed by atoms with van der Waals surface area (Å²) in [5.74, 6) is -0.365. The largest absolute Gasteiger partial charge is 0.487 e. The highest BCUT2D eigenvalue weighted by Gasteiger charge is 2.13. The zero-order valence-corrected chi connectivity index (χ0v) is 14.4. The first kappa shape index (κ1) is 17.6. The molecule has 0 fully saturated rings. The zero-order valence-electron chi connectivity index (χ0n) is 12.0. The molecule has 0 bridgehead atoms. The predicted octanol–water partition coefficient (Wildman–Crippen LogP) is 3.26. The first-order chi connectivity index (χ1) is 10.7. The maximum atomic E-state index is 11.7. The van der Waals surface area contributed by atoms with Crippen molar-refractivity contribution in [2.24, 2.45) is 0 Å². The smallest absolute Gasteiger partial charge is 0.264 e. The average Bonchev–Trinajstić information content (AvgIpc) is 2.46. The Morgan fingerprint density at radius 2 is 1.78 bits per heavy atom. The fraction of sp³-hybridized carbons (Fsp3) is 0.133. The Morgan fingerprint density at radius 3 is 2.35 bits per heavy atom. The molecule has 0 aromatic heterocycles. The van der Waals surface area contributed by atoms with E-state index < -0.39 is 15.9 Å². The van der Waals surface area contributed by atoms with E-state index in [2.05, 4.69) is 0 Å². The number of rotatable bonds is 5. The molecule has 0 saturated heterocycles. The maximum absolute atomic E-state index is 11.7. The van der Waals surface area contributed by atoms with Crippen LogP contribution in [-0.2, 0) is 16.6 Å². The lowest BCUT2D eigenvalue weighted by Crippen LogP contribution is -2.29. The molecule has 1 N–H and O–H groups in total. The third kappa shape index (κ3) is 5.42. The van der Waals surface area contributed by atoms with Crippen molar-refractivity contribution in [3.8, 4) is 5.75 Å². The molecule has 23 heavy (non-hydrogen) atoms. The Hall–Kier alpha value is -1.76. The maximum Gasteiger partial charge on any atom is 0.264 e. The molecule has 2 rings (SSSR count). The summed E-state index contributed by atoms with van der Waals surface area (Å²) >= 11 is 11.9. The van der Waals surface area contributed by atoms with Crippen LogP contribution in [-0.4, -0.2) is 20.6 Å². The summed E-state index contributed by atoms with van der Waals surface area (Å²) in [5, 5.41) is 0.841. The first-order valence-corrected chi connectivity index (χ1v) is 9.08. The quantitative estimate of drug-likeness (QED) is 0.872. The van der Waals surface area contributed by atoms with Crippen LogP contribution in [0.2, 0.25) is 10.0 Å². The molecule has 0 radical (unpaired) electrons. The second kappa shape index (κ2) is 7.21. The summed E-state index contributed by atoms with van der Waals surface area (Å²) in [6.07, 6.45) is 0.899. The SMILES string of the molecule is CS(=O)(=O)NC(=O)c1ccc(OCc2ccc(Cl)cc2)c(Cl)c1. The predicted molar refractivity (Wildman–Crippen MR) is 89.5 cm³/mol. The Labute approximate surface area is 144 Å². The highest BCUT2D eigenvalue weighted by molar-refractivity contribution is 7.89. The van der Waals surface area contributed by atoms with Crippen LogP contribution in [0.4, 0.5) is 0 Å². The van der Waals surface area contributed by atoms with E-state index in [0.29, 0.717) is 10.8 Å². The van der Waals surface area contributed by atoms with Crippen LogP contribution in [0, 0.1) is 0 Å². The Bertz CT molecular complexity index is 820. The van der Waals surface area contributed by atoms with Crippen molar-refractivity contribution in [1.82, 2.24) is 4.72 Å². The van der Waals surface area contributed by atoms with Crippen LogP contribution >= 0.6 is 23.2 Å². The van der Waals surface area contributed by atoms with Gasteiger partial charge in [-0.1, -0.05) is 35.3 Å². The molecule has 2 aromatic rings. The molecule has 5 nitrogen and oxygen atoms in total. The number of carbonyl (C=O) groups excluding carboxylic acids is 1. The molecular formula is C15H13Cl2NO4S. The van der Waals surface area contributed by atoms with Gasteiger partial charge in [0.2, 0.25) is 10.0 Å². The summed E-state index contributed by atoms with van der Waals surface area (Å²) in [5.41, 5.74) is 1.03. The van der Waals surface area contributed by atoms with Gasteiger partial charge in [-0.25, -0.2) is 13.1 Å². The first-order valence-electron chi connectivity index (χ1n) is 6.43. The normalized spacial score (nSPS) is 11.1. The fourth-order valence-corrected chi connectivity index (χ4v) is 2.54. The highest BCUT2D eigenvalue weighted by atomic mass is 35.5.